The van der Waals surface area contributed by atoms with Crippen molar-refractivity contribution in [2.24, 2.45) is 0 Å². The molecule has 0 unspecified atom stereocenters. The number of methoxy groups -OCH3 is 1. The van der Waals surface area contributed by atoms with Crippen LogP contribution in [0.4, 0.5) is 0 Å². The lowest BCUT2D eigenvalue weighted by Crippen LogP contribution is -2.55. The highest BCUT2D eigenvalue weighted by Gasteiger charge is 2.29. The van der Waals surface area contributed by atoms with Crippen molar-refractivity contribution in [3.05, 3.63) is 23.8 Å². The van der Waals surface area contributed by atoms with Crippen LogP contribution in [0.15, 0.2) is 23.1 Å². The van der Waals surface area contributed by atoms with Gasteiger partial charge in [0.2, 0.25) is 10.0 Å². The summed E-state index contributed by atoms with van der Waals surface area (Å²) in [6.45, 7) is 6.10. The summed E-state index contributed by atoms with van der Waals surface area (Å²) in [5, 5.41) is 9.53. The van der Waals surface area contributed by atoms with E-state index in [0.29, 0.717) is 31.7 Å². The Morgan fingerprint density at radius 1 is 1.42 bits per heavy atom. The minimum Gasteiger partial charge on any atom is -0.495 e. The Bertz CT molecular complexity index is 751. The number of benzene rings is 1. The second-order valence-electron chi connectivity index (χ2n) is 6.53. The van der Waals surface area contributed by atoms with Crippen LogP contribution in [0.5, 0.6) is 5.75 Å². The number of β-amino-alcohol motifs (C(OH)–C–C–N with tert-alkyl or cyclic N) is 1. The highest BCUT2D eigenvalue weighted by atomic mass is 32.2. The second kappa shape index (κ2) is 8.34. The van der Waals surface area contributed by atoms with E-state index in [-0.39, 0.29) is 22.6 Å². The largest absolute Gasteiger partial charge is 0.495 e. The Labute approximate surface area is 154 Å². The maximum absolute atomic E-state index is 12.9. The third-order valence-corrected chi connectivity index (χ3v) is 5.90. The van der Waals surface area contributed by atoms with Crippen molar-refractivity contribution in [1.29, 1.82) is 0 Å². The number of aliphatic hydroxyl groups excluding tert-OH is 1. The number of hydrogen-bond donors (Lipinski definition) is 2. The molecule has 2 rings (SSSR count). The van der Waals surface area contributed by atoms with Gasteiger partial charge in [0.15, 0.2) is 0 Å². The van der Waals surface area contributed by atoms with Gasteiger partial charge in [-0.3, -0.25) is 9.69 Å². The summed E-state index contributed by atoms with van der Waals surface area (Å²) in [4.78, 5) is 16.7. The Kier molecular flexibility index (Phi) is 6.62. The molecule has 1 aliphatic heterocycles. The standard InChI is InChI=1S/C17H27N3O5S/c1-12-10-19(11-13(2)21)7-8-20(12)17(22)14-5-6-15(25-4)16(9-14)26(23,24)18-3/h5-6,9,12-13,18,21H,7-8,10-11H2,1-4H3/t12-,13+/m0/s1. The number of sulfonamides is 1. The number of amides is 1. The fourth-order valence-corrected chi connectivity index (χ4v) is 4.09. The van der Waals surface area contributed by atoms with Crippen molar-refractivity contribution in [3.8, 4) is 5.75 Å². The van der Waals surface area contributed by atoms with Gasteiger partial charge >= 0.3 is 0 Å². The van der Waals surface area contributed by atoms with Crippen LogP contribution >= 0.6 is 0 Å². The lowest BCUT2D eigenvalue weighted by Gasteiger charge is -2.40. The number of piperazine rings is 1. The van der Waals surface area contributed by atoms with Crippen LogP contribution in [0, 0.1) is 0 Å². The van der Waals surface area contributed by atoms with Gasteiger partial charge in [-0.25, -0.2) is 13.1 Å². The van der Waals surface area contributed by atoms with E-state index < -0.39 is 16.1 Å². The fraction of sp³-hybridized carbons (Fsp3) is 0.588. The predicted octanol–water partition coefficient (Wildman–Crippen LogP) is 0.130. The molecule has 1 aromatic rings. The Balaban J connectivity index is 2.24. The topological polar surface area (TPSA) is 99.2 Å². The maximum atomic E-state index is 12.9. The van der Waals surface area contributed by atoms with Gasteiger partial charge in [-0.15, -0.1) is 0 Å². The lowest BCUT2D eigenvalue weighted by molar-refractivity contribution is 0.0383. The monoisotopic (exact) mass is 385 g/mol. The molecular weight excluding hydrogens is 358 g/mol. The number of nitrogens with one attached hydrogen (secondary N) is 1. The van der Waals surface area contributed by atoms with Gasteiger partial charge in [0.05, 0.1) is 13.2 Å². The van der Waals surface area contributed by atoms with Crippen LogP contribution in [0.1, 0.15) is 24.2 Å². The second-order valence-corrected chi connectivity index (χ2v) is 8.38. The first kappa shape index (κ1) is 20.6. The average Bonchev–Trinajstić information content (AvgIpc) is 2.60. The summed E-state index contributed by atoms with van der Waals surface area (Å²) in [5.74, 6) is -0.0323. The molecular formula is C17H27N3O5S. The fourth-order valence-electron chi connectivity index (χ4n) is 3.17. The summed E-state index contributed by atoms with van der Waals surface area (Å²) < 4.78 is 31.7. The summed E-state index contributed by atoms with van der Waals surface area (Å²) in [5.41, 5.74) is 0.301. The molecule has 1 fully saturated rings. The smallest absolute Gasteiger partial charge is 0.254 e. The van der Waals surface area contributed by atoms with Crippen molar-refractivity contribution in [2.45, 2.75) is 30.9 Å². The van der Waals surface area contributed by atoms with E-state index in [1.165, 1.54) is 26.3 Å². The van der Waals surface area contributed by atoms with E-state index in [0.717, 1.165) is 0 Å². The summed E-state index contributed by atoms with van der Waals surface area (Å²) in [7, 11) is -1.05. The Morgan fingerprint density at radius 2 is 2.12 bits per heavy atom. The van der Waals surface area contributed by atoms with Gasteiger partial charge < -0.3 is 14.7 Å². The molecule has 146 valence electrons. The molecule has 2 atom stereocenters. The molecule has 8 nitrogen and oxygen atoms in total. The van der Waals surface area contributed by atoms with E-state index in [2.05, 4.69) is 9.62 Å². The van der Waals surface area contributed by atoms with Crippen molar-refractivity contribution in [2.75, 3.05) is 40.3 Å². The quantitative estimate of drug-likeness (QED) is 0.722. The SMILES string of the molecule is CNS(=O)(=O)c1cc(C(=O)N2CCN(C[C@@H](C)O)C[C@@H]2C)ccc1OC. The van der Waals surface area contributed by atoms with Gasteiger partial charge in [-0.05, 0) is 39.1 Å². The summed E-state index contributed by atoms with van der Waals surface area (Å²) >= 11 is 0. The number of hydrogen-bond acceptors (Lipinski definition) is 6. The van der Waals surface area contributed by atoms with Crippen LogP contribution in [0.25, 0.3) is 0 Å². The van der Waals surface area contributed by atoms with Crippen molar-refractivity contribution < 1.29 is 23.1 Å². The lowest BCUT2D eigenvalue weighted by atomic mass is 10.1. The minimum absolute atomic E-state index is 0.0403. The molecule has 1 aliphatic rings. The van der Waals surface area contributed by atoms with Crippen LogP contribution in [-0.4, -0.2) is 81.7 Å². The Morgan fingerprint density at radius 3 is 2.65 bits per heavy atom. The van der Waals surface area contributed by atoms with E-state index in [9.17, 15) is 18.3 Å². The zero-order valence-electron chi connectivity index (χ0n) is 15.6. The van der Waals surface area contributed by atoms with Crippen LogP contribution in [0.2, 0.25) is 0 Å². The highest BCUT2D eigenvalue weighted by Crippen LogP contribution is 2.26. The number of carbonyl (C=O) groups excluding carboxylic acids is 1. The zero-order valence-corrected chi connectivity index (χ0v) is 16.4. The van der Waals surface area contributed by atoms with Gasteiger partial charge in [0.25, 0.3) is 5.91 Å². The molecule has 0 aromatic heterocycles. The van der Waals surface area contributed by atoms with E-state index in [1.807, 2.05) is 6.92 Å². The molecule has 0 aliphatic carbocycles. The Hall–Kier alpha value is -1.68. The van der Waals surface area contributed by atoms with Crippen LogP contribution in [0.3, 0.4) is 0 Å². The first-order chi connectivity index (χ1) is 12.2. The van der Waals surface area contributed by atoms with E-state index >= 15 is 0 Å². The number of aliphatic hydroxyl groups is 1. The first-order valence-corrected chi connectivity index (χ1v) is 10.0. The molecule has 0 bridgehead atoms. The molecule has 26 heavy (non-hydrogen) atoms. The molecule has 9 heteroatoms. The molecule has 1 aromatic carbocycles. The van der Waals surface area contributed by atoms with E-state index in [4.69, 9.17) is 4.74 Å². The van der Waals surface area contributed by atoms with Gasteiger partial charge in [0.1, 0.15) is 10.6 Å². The van der Waals surface area contributed by atoms with Gasteiger partial charge in [0, 0.05) is 37.8 Å². The molecule has 0 radical (unpaired) electrons. The molecule has 1 heterocycles. The van der Waals surface area contributed by atoms with Gasteiger partial charge in [-0.2, -0.15) is 0 Å². The van der Waals surface area contributed by atoms with Crippen molar-refractivity contribution in [1.82, 2.24) is 14.5 Å². The molecule has 0 saturated carbocycles. The summed E-state index contributed by atoms with van der Waals surface area (Å²) in [6.07, 6.45) is -0.416. The molecule has 2 N–H and O–H groups in total. The third kappa shape index (κ3) is 4.53. The molecule has 1 amide bonds. The predicted molar refractivity (Wildman–Crippen MR) is 97.9 cm³/mol. The zero-order chi connectivity index (χ0) is 19.5. The maximum Gasteiger partial charge on any atom is 0.254 e. The van der Waals surface area contributed by atoms with Gasteiger partial charge in [-0.1, -0.05) is 0 Å². The van der Waals surface area contributed by atoms with Crippen molar-refractivity contribution >= 4 is 15.9 Å². The number of carbonyl (C=O) groups is 1. The number of rotatable bonds is 6. The van der Waals surface area contributed by atoms with E-state index in [1.54, 1.807) is 17.9 Å². The molecule has 0 spiro atoms. The minimum atomic E-state index is -3.75. The third-order valence-electron chi connectivity index (χ3n) is 4.46. The number of ether oxygens (including phenoxy) is 1. The van der Waals surface area contributed by atoms with Crippen LogP contribution in [-0.2, 0) is 10.0 Å². The normalized spacial score (nSPS) is 20.0. The highest BCUT2D eigenvalue weighted by molar-refractivity contribution is 7.89. The van der Waals surface area contributed by atoms with Crippen molar-refractivity contribution in [3.63, 3.8) is 0 Å². The van der Waals surface area contributed by atoms with Crippen LogP contribution < -0.4 is 9.46 Å². The molecule has 1 saturated heterocycles. The average molecular weight is 385 g/mol. The number of nitrogens with zero attached hydrogens (tertiary/aromatic N) is 2. The summed E-state index contributed by atoms with van der Waals surface area (Å²) in [6, 6.07) is 4.37. The first-order valence-electron chi connectivity index (χ1n) is 8.52.